The van der Waals surface area contributed by atoms with Gasteiger partial charge in [0.1, 0.15) is 0 Å². The Labute approximate surface area is 66.4 Å². The molecule has 0 aromatic carbocycles. The van der Waals surface area contributed by atoms with Crippen molar-refractivity contribution >= 4 is 6.41 Å². The lowest BCUT2D eigenvalue weighted by atomic mass is 10.2. The maximum Gasteiger partial charge on any atom is 0.207 e. The minimum atomic E-state index is 0.0529. The van der Waals surface area contributed by atoms with Crippen molar-refractivity contribution < 1.29 is 9.90 Å². The van der Waals surface area contributed by atoms with Crippen LogP contribution in [0.3, 0.4) is 0 Å². The molecule has 0 aromatic heterocycles. The van der Waals surface area contributed by atoms with Crippen LogP contribution in [0, 0.1) is 0 Å². The van der Waals surface area contributed by atoms with Crippen molar-refractivity contribution in [2.75, 3.05) is 13.2 Å². The van der Waals surface area contributed by atoms with Gasteiger partial charge in [0.15, 0.2) is 0 Å². The molecule has 0 aliphatic heterocycles. The molecule has 62 valence electrons. The van der Waals surface area contributed by atoms with Crippen molar-refractivity contribution in [2.24, 2.45) is 0 Å². The molecule has 0 aliphatic rings. The van der Waals surface area contributed by atoms with Crippen LogP contribution in [0.4, 0.5) is 0 Å². The molecule has 1 amide bonds. The second kappa shape index (κ2) is 7.02. The maximum absolute atomic E-state index is 9.78. The number of carbonyl (C=O) groups is 1. The van der Waals surface area contributed by atoms with Crippen molar-refractivity contribution in [3.63, 3.8) is 0 Å². The molecule has 0 atom stereocenters. The molecule has 3 nitrogen and oxygen atoms in total. The van der Waals surface area contributed by atoms with E-state index in [2.05, 4.69) is 5.32 Å². The molecule has 0 spiro atoms. The van der Waals surface area contributed by atoms with Gasteiger partial charge in [0, 0.05) is 6.54 Å². The number of rotatable bonds is 5. The first-order valence-electron chi connectivity index (χ1n) is 3.42. The van der Waals surface area contributed by atoms with Crippen LogP contribution >= 0.6 is 0 Å². The lowest BCUT2D eigenvalue weighted by Crippen LogP contribution is -2.09. The third-order valence-electron chi connectivity index (χ3n) is 1.11. The molecule has 0 heterocycles. The fourth-order valence-electron chi connectivity index (χ4n) is 0.573. The van der Waals surface area contributed by atoms with E-state index in [1.54, 1.807) is 6.08 Å². The highest BCUT2D eigenvalue weighted by atomic mass is 16.2. The topological polar surface area (TPSA) is 49.3 Å². The number of nitrogens with one attached hydrogen (secondary N) is 1. The zero-order chi connectivity index (χ0) is 8.53. The Morgan fingerprint density at radius 2 is 2.36 bits per heavy atom. The van der Waals surface area contributed by atoms with E-state index in [1.165, 1.54) is 0 Å². The molecule has 2 N–H and O–H groups in total. The van der Waals surface area contributed by atoms with Gasteiger partial charge in [0.25, 0.3) is 0 Å². The van der Waals surface area contributed by atoms with Crippen LogP contribution in [-0.2, 0) is 4.79 Å². The van der Waals surface area contributed by atoms with Crippen molar-refractivity contribution in [2.45, 2.75) is 6.92 Å². The lowest BCUT2D eigenvalue weighted by Gasteiger charge is -1.90. The van der Waals surface area contributed by atoms with E-state index in [0.29, 0.717) is 13.0 Å². The summed E-state index contributed by atoms with van der Waals surface area (Å²) in [5.74, 6) is 0. The second-order valence-corrected chi connectivity index (χ2v) is 2.06. The third-order valence-corrected chi connectivity index (χ3v) is 1.11. The van der Waals surface area contributed by atoms with Gasteiger partial charge in [-0.15, -0.1) is 0 Å². The van der Waals surface area contributed by atoms with Crippen LogP contribution in [0.5, 0.6) is 0 Å². The Kier molecular flexibility index (Phi) is 6.33. The van der Waals surface area contributed by atoms with Gasteiger partial charge < -0.3 is 10.4 Å². The maximum atomic E-state index is 9.78. The standard InChI is InChI=1S/C8H13NO2/c1-8(4-6-10)3-2-5-9-7-11/h2-4,7,10H,5-6H2,1H3,(H,9,11)/b3-2+,8-4-. The van der Waals surface area contributed by atoms with Gasteiger partial charge in [0.2, 0.25) is 6.41 Å². The van der Waals surface area contributed by atoms with Crippen LogP contribution in [0.15, 0.2) is 23.8 Å². The van der Waals surface area contributed by atoms with E-state index in [4.69, 9.17) is 5.11 Å². The Bertz CT molecular complexity index is 161. The first kappa shape index (κ1) is 9.91. The molecule has 0 rings (SSSR count). The van der Waals surface area contributed by atoms with Gasteiger partial charge in [0.05, 0.1) is 6.61 Å². The molecule has 0 saturated heterocycles. The smallest absolute Gasteiger partial charge is 0.207 e. The summed E-state index contributed by atoms with van der Waals surface area (Å²) < 4.78 is 0. The van der Waals surface area contributed by atoms with E-state index in [-0.39, 0.29) is 6.61 Å². The number of allylic oxidation sites excluding steroid dienone is 2. The van der Waals surface area contributed by atoms with Gasteiger partial charge in [-0.25, -0.2) is 0 Å². The summed E-state index contributed by atoms with van der Waals surface area (Å²) in [6.45, 7) is 2.46. The molecule has 0 fully saturated rings. The normalized spacial score (nSPS) is 12.0. The quantitative estimate of drug-likeness (QED) is 0.339. The summed E-state index contributed by atoms with van der Waals surface area (Å²) in [5, 5.41) is 10.9. The first-order valence-corrected chi connectivity index (χ1v) is 3.42. The molecule has 0 aromatic rings. The van der Waals surface area contributed by atoms with Crippen molar-refractivity contribution in [3.8, 4) is 0 Å². The molecule has 0 radical (unpaired) electrons. The molecule has 3 heteroatoms. The predicted molar refractivity (Wildman–Crippen MR) is 44.0 cm³/mol. The average Bonchev–Trinajstić information content (AvgIpc) is 1.99. The van der Waals surface area contributed by atoms with Gasteiger partial charge in [-0.3, -0.25) is 4.79 Å². The zero-order valence-electron chi connectivity index (χ0n) is 6.58. The largest absolute Gasteiger partial charge is 0.392 e. The number of hydrogen-bond acceptors (Lipinski definition) is 2. The number of hydrogen-bond donors (Lipinski definition) is 2. The number of amides is 1. The lowest BCUT2D eigenvalue weighted by molar-refractivity contribution is -0.109. The molecule has 0 aliphatic carbocycles. The Hall–Kier alpha value is -1.09. The fourth-order valence-corrected chi connectivity index (χ4v) is 0.573. The average molecular weight is 155 g/mol. The van der Waals surface area contributed by atoms with E-state index in [1.807, 2.05) is 19.1 Å². The third kappa shape index (κ3) is 6.80. The molecule has 0 saturated carbocycles. The van der Waals surface area contributed by atoms with E-state index in [0.717, 1.165) is 5.57 Å². The van der Waals surface area contributed by atoms with Crippen molar-refractivity contribution in [1.82, 2.24) is 5.32 Å². The van der Waals surface area contributed by atoms with Crippen molar-refractivity contribution in [3.05, 3.63) is 23.8 Å². The fraction of sp³-hybridized carbons (Fsp3) is 0.375. The summed E-state index contributed by atoms with van der Waals surface area (Å²) in [5.41, 5.74) is 0.986. The Morgan fingerprint density at radius 1 is 1.64 bits per heavy atom. The van der Waals surface area contributed by atoms with Gasteiger partial charge in [-0.1, -0.05) is 23.8 Å². The molecule has 11 heavy (non-hydrogen) atoms. The minimum Gasteiger partial charge on any atom is -0.392 e. The Morgan fingerprint density at radius 3 is 2.91 bits per heavy atom. The summed E-state index contributed by atoms with van der Waals surface area (Å²) in [6, 6.07) is 0. The molecular weight excluding hydrogens is 142 g/mol. The van der Waals surface area contributed by atoms with Crippen LogP contribution in [0.1, 0.15) is 6.92 Å². The highest BCUT2D eigenvalue weighted by Crippen LogP contribution is 1.92. The predicted octanol–water partition coefficient (Wildman–Crippen LogP) is 0.227. The van der Waals surface area contributed by atoms with Gasteiger partial charge in [-0.2, -0.15) is 0 Å². The van der Waals surface area contributed by atoms with E-state index in [9.17, 15) is 4.79 Å². The van der Waals surface area contributed by atoms with Crippen LogP contribution in [0.2, 0.25) is 0 Å². The summed E-state index contributed by atoms with van der Waals surface area (Å²) in [6.07, 6.45) is 6.00. The number of carbonyl (C=O) groups excluding carboxylic acids is 1. The minimum absolute atomic E-state index is 0.0529. The van der Waals surface area contributed by atoms with Crippen LogP contribution < -0.4 is 5.32 Å². The Balaban J connectivity index is 3.55. The van der Waals surface area contributed by atoms with Crippen molar-refractivity contribution in [1.29, 1.82) is 0 Å². The number of aliphatic hydroxyl groups is 1. The van der Waals surface area contributed by atoms with E-state index < -0.39 is 0 Å². The summed E-state index contributed by atoms with van der Waals surface area (Å²) >= 11 is 0. The zero-order valence-corrected chi connectivity index (χ0v) is 6.58. The molecular formula is C8H13NO2. The summed E-state index contributed by atoms with van der Waals surface area (Å²) in [4.78, 5) is 9.78. The SMILES string of the molecule is CC(=C/CO)/C=C/CNC=O. The van der Waals surface area contributed by atoms with Crippen LogP contribution in [0.25, 0.3) is 0 Å². The van der Waals surface area contributed by atoms with Crippen LogP contribution in [-0.4, -0.2) is 24.7 Å². The highest BCUT2D eigenvalue weighted by molar-refractivity contribution is 5.46. The van der Waals surface area contributed by atoms with E-state index >= 15 is 0 Å². The monoisotopic (exact) mass is 155 g/mol. The highest BCUT2D eigenvalue weighted by Gasteiger charge is 1.78. The van der Waals surface area contributed by atoms with Gasteiger partial charge >= 0.3 is 0 Å². The van der Waals surface area contributed by atoms with Gasteiger partial charge in [-0.05, 0) is 6.92 Å². The first-order chi connectivity index (χ1) is 5.31. The summed E-state index contributed by atoms with van der Waals surface area (Å²) in [7, 11) is 0. The number of aliphatic hydroxyl groups excluding tert-OH is 1. The second-order valence-electron chi connectivity index (χ2n) is 2.06. The molecule has 0 bridgehead atoms. The molecule has 0 unspecified atom stereocenters.